The lowest BCUT2D eigenvalue weighted by Gasteiger charge is -2.39. The number of urea groups is 1. The van der Waals surface area contributed by atoms with Gasteiger partial charge in [-0.15, -0.1) is 0 Å². The average Bonchev–Trinajstić information content (AvgIpc) is 2.53. The molecule has 1 spiro atoms. The molecule has 2 aliphatic heterocycles. The van der Waals surface area contributed by atoms with Crippen LogP contribution in [-0.2, 0) is 0 Å². The molecule has 2 saturated heterocycles. The maximum atomic E-state index is 11.0. The molecule has 2 fully saturated rings. The second kappa shape index (κ2) is 3.16. The van der Waals surface area contributed by atoms with Gasteiger partial charge in [-0.1, -0.05) is 0 Å². The molecule has 2 amide bonds. The minimum Gasteiger partial charge on any atom is -0.351 e. The highest BCUT2D eigenvalue weighted by Crippen LogP contribution is 2.22. The van der Waals surface area contributed by atoms with Crippen LogP contribution < -0.4 is 16.4 Å². The third-order valence-corrected chi connectivity index (χ3v) is 2.94. The van der Waals surface area contributed by atoms with E-state index in [4.69, 9.17) is 5.73 Å². The standard InChI is InChI=1S/C8H16N4O/c9-7(13)12-3-1-2-8(5-12)4-10-6-11-8/h10-11H,1-6H2,(H2,9,13). The van der Waals surface area contributed by atoms with Crippen LogP contribution in [0.5, 0.6) is 0 Å². The number of hydrogen-bond acceptors (Lipinski definition) is 3. The molecule has 0 radical (unpaired) electrons. The number of carbonyl (C=O) groups excluding carboxylic acids is 1. The third kappa shape index (κ3) is 1.62. The molecule has 0 bridgehead atoms. The molecular formula is C8H16N4O. The summed E-state index contributed by atoms with van der Waals surface area (Å²) in [6, 6.07) is -0.298. The summed E-state index contributed by atoms with van der Waals surface area (Å²) in [6.45, 7) is 3.33. The summed E-state index contributed by atoms with van der Waals surface area (Å²) in [7, 11) is 0. The zero-order valence-corrected chi connectivity index (χ0v) is 7.68. The highest BCUT2D eigenvalue weighted by Gasteiger charge is 2.38. The van der Waals surface area contributed by atoms with Gasteiger partial charge in [-0.3, -0.25) is 5.32 Å². The lowest BCUT2D eigenvalue weighted by Crippen LogP contribution is -2.58. The molecule has 2 aliphatic rings. The molecule has 1 unspecified atom stereocenters. The summed E-state index contributed by atoms with van der Waals surface area (Å²) in [6.07, 6.45) is 2.17. The quantitative estimate of drug-likeness (QED) is 0.454. The summed E-state index contributed by atoms with van der Waals surface area (Å²) in [5.41, 5.74) is 5.35. The number of carbonyl (C=O) groups is 1. The zero-order chi connectivity index (χ0) is 9.31. The number of likely N-dealkylation sites (tertiary alicyclic amines) is 1. The molecule has 5 nitrogen and oxygen atoms in total. The Morgan fingerprint density at radius 1 is 1.54 bits per heavy atom. The van der Waals surface area contributed by atoms with Crippen LogP contribution in [0.2, 0.25) is 0 Å². The van der Waals surface area contributed by atoms with Gasteiger partial charge in [-0.25, -0.2) is 4.79 Å². The number of amides is 2. The summed E-state index contributed by atoms with van der Waals surface area (Å²) < 4.78 is 0. The Balaban J connectivity index is 2.02. The van der Waals surface area contributed by atoms with Gasteiger partial charge < -0.3 is 16.0 Å². The fraction of sp³-hybridized carbons (Fsp3) is 0.875. The van der Waals surface area contributed by atoms with Gasteiger partial charge in [0.1, 0.15) is 0 Å². The number of piperidine rings is 1. The van der Waals surface area contributed by atoms with Crippen LogP contribution in [0.3, 0.4) is 0 Å². The van der Waals surface area contributed by atoms with Gasteiger partial charge >= 0.3 is 6.03 Å². The Bertz CT molecular complexity index is 212. The Hall–Kier alpha value is -0.810. The van der Waals surface area contributed by atoms with E-state index in [1.807, 2.05) is 0 Å². The van der Waals surface area contributed by atoms with Crippen LogP contribution in [0, 0.1) is 0 Å². The normalized spacial score (nSPS) is 34.0. The van der Waals surface area contributed by atoms with Crippen LogP contribution in [0.15, 0.2) is 0 Å². The molecule has 13 heavy (non-hydrogen) atoms. The smallest absolute Gasteiger partial charge is 0.314 e. The number of nitrogens with one attached hydrogen (secondary N) is 2. The van der Waals surface area contributed by atoms with E-state index in [1.165, 1.54) is 0 Å². The molecule has 0 saturated carbocycles. The van der Waals surface area contributed by atoms with Gasteiger partial charge in [0.05, 0.1) is 0 Å². The van der Waals surface area contributed by atoms with Crippen molar-refractivity contribution in [3.05, 3.63) is 0 Å². The molecule has 5 heteroatoms. The van der Waals surface area contributed by atoms with E-state index in [2.05, 4.69) is 10.6 Å². The molecule has 4 N–H and O–H groups in total. The van der Waals surface area contributed by atoms with Gasteiger partial charge in [-0.2, -0.15) is 0 Å². The predicted molar refractivity (Wildman–Crippen MR) is 49.1 cm³/mol. The fourth-order valence-corrected chi connectivity index (χ4v) is 2.22. The number of nitrogens with two attached hydrogens (primary N) is 1. The fourth-order valence-electron chi connectivity index (χ4n) is 2.22. The molecule has 0 aliphatic carbocycles. The van der Waals surface area contributed by atoms with Gasteiger partial charge in [0.2, 0.25) is 0 Å². The lowest BCUT2D eigenvalue weighted by atomic mass is 9.90. The number of hydrogen-bond donors (Lipinski definition) is 3. The topological polar surface area (TPSA) is 70.4 Å². The van der Waals surface area contributed by atoms with Crippen LogP contribution >= 0.6 is 0 Å². The monoisotopic (exact) mass is 184 g/mol. The van der Waals surface area contributed by atoms with Crippen LogP contribution in [-0.4, -0.2) is 42.8 Å². The Morgan fingerprint density at radius 3 is 3.00 bits per heavy atom. The Labute approximate surface area is 77.6 Å². The van der Waals surface area contributed by atoms with E-state index >= 15 is 0 Å². The lowest BCUT2D eigenvalue weighted by molar-refractivity contribution is 0.154. The first-order valence-corrected chi connectivity index (χ1v) is 4.72. The van der Waals surface area contributed by atoms with E-state index in [-0.39, 0.29) is 11.6 Å². The number of nitrogens with zero attached hydrogens (tertiary/aromatic N) is 1. The molecule has 0 aromatic heterocycles. The van der Waals surface area contributed by atoms with E-state index < -0.39 is 0 Å². The van der Waals surface area contributed by atoms with E-state index in [1.54, 1.807) is 4.90 Å². The van der Waals surface area contributed by atoms with Crippen molar-refractivity contribution < 1.29 is 4.79 Å². The SMILES string of the molecule is NC(=O)N1CCCC2(CNCN2)C1. The first-order chi connectivity index (χ1) is 6.22. The molecular weight excluding hydrogens is 168 g/mol. The number of primary amides is 1. The van der Waals surface area contributed by atoms with Gasteiger partial charge in [0, 0.05) is 31.8 Å². The van der Waals surface area contributed by atoms with E-state index in [0.717, 1.165) is 39.1 Å². The molecule has 2 heterocycles. The maximum absolute atomic E-state index is 11.0. The first kappa shape index (κ1) is 8.77. The van der Waals surface area contributed by atoms with Crippen molar-refractivity contribution >= 4 is 6.03 Å². The van der Waals surface area contributed by atoms with Crippen molar-refractivity contribution in [1.29, 1.82) is 0 Å². The van der Waals surface area contributed by atoms with E-state index in [0.29, 0.717) is 0 Å². The van der Waals surface area contributed by atoms with Crippen molar-refractivity contribution in [3.63, 3.8) is 0 Å². The van der Waals surface area contributed by atoms with Crippen LogP contribution in [0.1, 0.15) is 12.8 Å². The Morgan fingerprint density at radius 2 is 2.38 bits per heavy atom. The van der Waals surface area contributed by atoms with Crippen LogP contribution in [0.4, 0.5) is 4.79 Å². The van der Waals surface area contributed by atoms with Crippen molar-refractivity contribution in [2.45, 2.75) is 18.4 Å². The summed E-state index contributed by atoms with van der Waals surface area (Å²) in [5, 5.41) is 6.65. The minimum absolute atomic E-state index is 0.0906. The summed E-state index contributed by atoms with van der Waals surface area (Å²) in [5.74, 6) is 0. The minimum atomic E-state index is -0.298. The van der Waals surface area contributed by atoms with Crippen molar-refractivity contribution in [2.75, 3.05) is 26.3 Å². The van der Waals surface area contributed by atoms with Gasteiger partial charge in [-0.05, 0) is 12.8 Å². The molecule has 0 aromatic carbocycles. The predicted octanol–water partition coefficient (Wildman–Crippen LogP) is -0.950. The van der Waals surface area contributed by atoms with Gasteiger partial charge in [0.15, 0.2) is 0 Å². The summed E-state index contributed by atoms with van der Waals surface area (Å²) >= 11 is 0. The Kier molecular flexibility index (Phi) is 2.13. The largest absolute Gasteiger partial charge is 0.351 e. The number of rotatable bonds is 0. The average molecular weight is 184 g/mol. The maximum Gasteiger partial charge on any atom is 0.314 e. The zero-order valence-electron chi connectivity index (χ0n) is 7.68. The second-order valence-electron chi connectivity index (χ2n) is 3.92. The van der Waals surface area contributed by atoms with Crippen molar-refractivity contribution in [1.82, 2.24) is 15.5 Å². The van der Waals surface area contributed by atoms with E-state index in [9.17, 15) is 4.79 Å². The van der Waals surface area contributed by atoms with Crippen LogP contribution in [0.25, 0.3) is 0 Å². The molecule has 74 valence electrons. The second-order valence-corrected chi connectivity index (χ2v) is 3.92. The molecule has 2 rings (SSSR count). The first-order valence-electron chi connectivity index (χ1n) is 4.72. The summed E-state index contributed by atoms with van der Waals surface area (Å²) in [4.78, 5) is 12.7. The molecule has 0 aromatic rings. The highest BCUT2D eigenvalue weighted by atomic mass is 16.2. The molecule has 1 atom stereocenters. The highest BCUT2D eigenvalue weighted by molar-refractivity contribution is 5.72. The van der Waals surface area contributed by atoms with Gasteiger partial charge in [0.25, 0.3) is 0 Å². The van der Waals surface area contributed by atoms with Crippen molar-refractivity contribution in [2.24, 2.45) is 5.73 Å². The third-order valence-electron chi connectivity index (χ3n) is 2.94. The van der Waals surface area contributed by atoms with Crippen molar-refractivity contribution in [3.8, 4) is 0 Å².